The fourth-order valence-electron chi connectivity index (χ4n) is 5.28. The first-order chi connectivity index (χ1) is 13.6. The van der Waals surface area contributed by atoms with Crippen molar-refractivity contribution in [1.29, 1.82) is 0 Å². The van der Waals surface area contributed by atoms with E-state index in [1.807, 2.05) is 48.5 Å². The normalized spacial score (nSPS) is 28.1. The first-order valence-electron chi connectivity index (χ1n) is 9.77. The number of para-hydroxylation sites is 1. The zero-order chi connectivity index (χ0) is 19.3. The van der Waals surface area contributed by atoms with Crippen LogP contribution in [-0.4, -0.2) is 36.4 Å². The molecule has 28 heavy (non-hydrogen) atoms. The van der Waals surface area contributed by atoms with E-state index in [-0.39, 0.29) is 17.9 Å². The number of fused-ring (bicyclic) bond motifs is 4. The number of nitrogens with one attached hydrogen (secondary N) is 2. The quantitative estimate of drug-likeness (QED) is 0.863. The van der Waals surface area contributed by atoms with E-state index in [1.54, 1.807) is 7.11 Å². The van der Waals surface area contributed by atoms with Crippen LogP contribution in [0.3, 0.4) is 0 Å². The van der Waals surface area contributed by atoms with Gasteiger partial charge in [-0.3, -0.25) is 14.5 Å². The summed E-state index contributed by atoms with van der Waals surface area (Å²) >= 11 is 0. The Kier molecular flexibility index (Phi) is 3.91. The van der Waals surface area contributed by atoms with Crippen LogP contribution < -0.4 is 15.4 Å². The molecule has 2 saturated heterocycles. The molecule has 5 rings (SSSR count). The van der Waals surface area contributed by atoms with Crippen molar-refractivity contribution in [3.8, 4) is 5.75 Å². The predicted molar refractivity (Wildman–Crippen MR) is 106 cm³/mol. The van der Waals surface area contributed by atoms with E-state index < -0.39 is 11.5 Å². The van der Waals surface area contributed by atoms with E-state index in [9.17, 15) is 9.59 Å². The van der Waals surface area contributed by atoms with Crippen molar-refractivity contribution in [2.45, 2.75) is 30.8 Å². The number of carbonyl (C=O) groups excluding carboxylic acids is 2. The third-order valence-corrected chi connectivity index (χ3v) is 6.45. The molecule has 0 aliphatic carbocycles. The number of hydrogen-bond acceptors (Lipinski definition) is 4. The van der Waals surface area contributed by atoms with Gasteiger partial charge < -0.3 is 15.4 Å². The molecule has 0 unspecified atom stereocenters. The second-order valence-corrected chi connectivity index (χ2v) is 7.76. The molecule has 2 fully saturated rings. The fraction of sp³-hybridized carbons (Fsp3) is 0.364. The molecule has 3 aliphatic heterocycles. The third-order valence-electron chi connectivity index (χ3n) is 6.45. The van der Waals surface area contributed by atoms with Crippen LogP contribution in [0.4, 0.5) is 11.4 Å². The average Bonchev–Trinajstić information content (AvgIpc) is 3.37. The van der Waals surface area contributed by atoms with Crippen LogP contribution in [0.5, 0.6) is 5.75 Å². The number of methoxy groups -OCH3 is 1. The number of rotatable bonds is 3. The minimum Gasteiger partial charge on any atom is -0.497 e. The molecule has 144 valence electrons. The Morgan fingerprint density at radius 1 is 1.21 bits per heavy atom. The van der Waals surface area contributed by atoms with Crippen molar-refractivity contribution in [1.82, 2.24) is 4.90 Å². The molecule has 0 bridgehead atoms. The summed E-state index contributed by atoms with van der Waals surface area (Å²) in [5.74, 6) is 0.128. The van der Waals surface area contributed by atoms with Crippen molar-refractivity contribution in [2.24, 2.45) is 5.92 Å². The monoisotopic (exact) mass is 377 g/mol. The smallest absolute Gasteiger partial charge is 0.250 e. The topological polar surface area (TPSA) is 70.7 Å². The first kappa shape index (κ1) is 17.3. The molecule has 3 atom stereocenters. The highest BCUT2D eigenvalue weighted by atomic mass is 16.5. The molecule has 3 aliphatic rings. The molecule has 6 nitrogen and oxygen atoms in total. The number of ether oxygens (including phenoxy) is 1. The number of benzene rings is 2. The van der Waals surface area contributed by atoms with Gasteiger partial charge in [-0.15, -0.1) is 0 Å². The Bertz CT molecular complexity index is 942. The number of amides is 2. The van der Waals surface area contributed by atoms with Crippen LogP contribution in [0.15, 0.2) is 48.5 Å². The van der Waals surface area contributed by atoms with Gasteiger partial charge in [0.05, 0.1) is 13.0 Å². The molecule has 0 saturated carbocycles. The minimum absolute atomic E-state index is 0.0759. The zero-order valence-corrected chi connectivity index (χ0v) is 15.8. The average molecular weight is 377 g/mol. The number of carbonyl (C=O) groups is 2. The molecular formula is C22H23N3O3. The zero-order valence-electron chi connectivity index (χ0n) is 15.8. The first-order valence-corrected chi connectivity index (χ1v) is 9.77. The van der Waals surface area contributed by atoms with Gasteiger partial charge in [0, 0.05) is 23.0 Å². The molecule has 3 heterocycles. The number of nitrogens with zero attached hydrogens (tertiary/aromatic N) is 1. The predicted octanol–water partition coefficient (Wildman–Crippen LogP) is 2.97. The van der Waals surface area contributed by atoms with Crippen molar-refractivity contribution in [3.63, 3.8) is 0 Å². The van der Waals surface area contributed by atoms with Gasteiger partial charge in [-0.05, 0) is 56.1 Å². The summed E-state index contributed by atoms with van der Waals surface area (Å²) in [6, 6.07) is 15.3. The van der Waals surface area contributed by atoms with Gasteiger partial charge in [-0.1, -0.05) is 18.2 Å². The second kappa shape index (κ2) is 6.34. The third kappa shape index (κ3) is 2.31. The van der Waals surface area contributed by atoms with E-state index in [4.69, 9.17) is 4.74 Å². The minimum atomic E-state index is -0.908. The van der Waals surface area contributed by atoms with E-state index in [2.05, 4.69) is 15.5 Å². The molecule has 6 heteroatoms. The fourth-order valence-corrected chi connectivity index (χ4v) is 5.28. The summed E-state index contributed by atoms with van der Waals surface area (Å²) in [6.07, 6.45) is 2.79. The number of anilines is 2. The Balaban J connectivity index is 1.53. The second-order valence-electron chi connectivity index (χ2n) is 7.76. The van der Waals surface area contributed by atoms with Gasteiger partial charge in [0.15, 0.2) is 0 Å². The molecule has 2 aromatic carbocycles. The SMILES string of the molecule is COc1ccc(NC(=O)[C@@H]2C[C@H]3CCCN3[C@]23C(=O)Nc2ccccc23)cc1. The Hall–Kier alpha value is -2.86. The van der Waals surface area contributed by atoms with Gasteiger partial charge in [0.25, 0.3) is 0 Å². The molecule has 2 N–H and O–H groups in total. The lowest BCUT2D eigenvalue weighted by Crippen LogP contribution is -2.53. The van der Waals surface area contributed by atoms with Crippen LogP contribution in [0.2, 0.25) is 0 Å². The number of hydrogen-bond donors (Lipinski definition) is 2. The van der Waals surface area contributed by atoms with E-state index in [0.717, 1.165) is 36.4 Å². The largest absolute Gasteiger partial charge is 0.497 e. The molecule has 0 radical (unpaired) electrons. The van der Waals surface area contributed by atoms with Crippen molar-refractivity contribution in [3.05, 3.63) is 54.1 Å². The van der Waals surface area contributed by atoms with E-state index >= 15 is 0 Å². The standard InChI is InChI=1S/C22H23N3O3/c1-28-16-10-8-14(9-11-16)23-20(26)18-13-15-5-4-12-25(15)22(18)17-6-2-3-7-19(17)24-21(22)27/h2-3,6-11,15,18H,4-5,12-13H2,1H3,(H,23,26)(H,24,27)/t15-,18+,22+/m1/s1. The Morgan fingerprint density at radius 2 is 2.00 bits per heavy atom. The van der Waals surface area contributed by atoms with Crippen LogP contribution in [0.25, 0.3) is 0 Å². The van der Waals surface area contributed by atoms with Gasteiger partial charge in [-0.25, -0.2) is 0 Å². The van der Waals surface area contributed by atoms with Crippen LogP contribution >= 0.6 is 0 Å². The van der Waals surface area contributed by atoms with Crippen LogP contribution in [0, 0.1) is 5.92 Å². The molecular weight excluding hydrogens is 354 g/mol. The highest BCUT2D eigenvalue weighted by molar-refractivity contribution is 6.10. The Morgan fingerprint density at radius 3 is 2.79 bits per heavy atom. The van der Waals surface area contributed by atoms with Crippen LogP contribution in [-0.2, 0) is 15.1 Å². The molecule has 2 amide bonds. The lowest BCUT2D eigenvalue weighted by molar-refractivity contribution is -0.135. The van der Waals surface area contributed by atoms with Crippen LogP contribution in [0.1, 0.15) is 24.8 Å². The van der Waals surface area contributed by atoms with Gasteiger partial charge in [0.1, 0.15) is 11.3 Å². The molecule has 2 aromatic rings. The summed E-state index contributed by atoms with van der Waals surface area (Å²) in [6.45, 7) is 0.846. The van der Waals surface area contributed by atoms with Gasteiger partial charge in [-0.2, -0.15) is 0 Å². The summed E-state index contributed by atoms with van der Waals surface area (Å²) < 4.78 is 5.18. The Labute approximate surface area is 163 Å². The van der Waals surface area contributed by atoms with E-state index in [0.29, 0.717) is 12.1 Å². The summed E-state index contributed by atoms with van der Waals surface area (Å²) in [5, 5.41) is 6.06. The lowest BCUT2D eigenvalue weighted by Gasteiger charge is -2.36. The molecule has 0 aromatic heterocycles. The van der Waals surface area contributed by atoms with Crippen molar-refractivity contribution in [2.75, 3.05) is 24.3 Å². The lowest BCUT2D eigenvalue weighted by atomic mass is 9.78. The summed E-state index contributed by atoms with van der Waals surface area (Å²) in [4.78, 5) is 28.9. The maximum absolute atomic E-state index is 13.4. The summed E-state index contributed by atoms with van der Waals surface area (Å²) in [5.41, 5.74) is 1.55. The maximum Gasteiger partial charge on any atom is 0.250 e. The van der Waals surface area contributed by atoms with Crippen molar-refractivity contribution >= 4 is 23.2 Å². The van der Waals surface area contributed by atoms with E-state index in [1.165, 1.54) is 0 Å². The highest BCUT2D eigenvalue weighted by Gasteiger charge is 2.65. The highest BCUT2D eigenvalue weighted by Crippen LogP contribution is 2.55. The van der Waals surface area contributed by atoms with Crippen molar-refractivity contribution < 1.29 is 14.3 Å². The maximum atomic E-state index is 13.4. The summed E-state index contributed by atoms with van der Waals surface area (Å²) in [7, 11) is 1.61. The molecule has 1 spiro atoms. The van der Waals surface area contributed by atoms with Gasteiger partial charge >= 0.3 is 0 Å². The van der Waals surface area contributed by atoms with Gasteiger partial charge in [0.2, 0.25) is 11.8 Å².